The number of nitriles is 1. The van der Waals surface area contributed by atoms with Crippen LogP contribution in [0.25, 0.3) is 0 Å². The zero-order chi connectivity index (χ0) is 15.4. The van der Waals surface area contributed by atoms with Gasteiger partial charge in [0.2, 0.25) is 0 Å². The van der Waals surface area contributed by atoms with Crippen LogP contribution in [0.15, 0.2) is 36.4 Å². The molecule has 0 aliphatic rings. The molecular formula is C13H10FN5O2. The van der Waals surface area contributed by atoms with Gasteiger partial charge in [0, 0.05) is 0 Å². The molecule has 0 aromatic heterocycles. The van der Waals surface area contributed by atoms with E-state index in [9.17, 15) is 14.5 Å². The molecule has 0 fully saturated rings. The Morgan fingerprint density at radius 1 is 1.24 bits per heavy atom. The second-order valence-electron chi connectivity index (χ2n) is 4.03. The molecule has 106 valence electrons. The van der Waals surface area contributed by atoms with Gasteiger partial charge in [0.05, 0.1) is 16.2 Å². The van der Waals surface area contributed by atoms with Gasteiger partial charge in [0.25, 0.3) is 0 Å². The molecule has 7 nitrogen and oxygen atoms in total. The van der Waals surface area contributed by atoms with Crippen molar-refractivity contribution in [3.05, 3.63) is 57.9 Å². The SMILES string of the molecule is N#Cc1cc(F)ccc1Nc1cccc(NN)c1[N+](=O)[O-]. The highest BCUT2D eigenvalue weighted by Crippen LogP contribution is 2.34. The molecule has 0 aliphatic carbocycles. The molecule has 21 heavy (non-hydrogen) atoms. The van der Waals surface area contributed by atoms with Crippen LogP contribution in [0, 0.1) is 27.3 Å². The lowest BCUT2D eigenvalue weighted by Crippen LogP contribution is -2.10. The van der Waals surface area contributed by atoms with Crippen molar-refractivity contribution in [3.8, 4) is 6.07 Å². The van der Waals surface area contributed by atoms with Gasteiger partial charge >= 0.3 is 5.69 Å². The first kappa shape index (κ1) is 14.2. The van der Waals surface area contributed by atoms with Crippen LogP contribution in [0.1, 0.15) is 5.56 Å². The number of benzene rings is 2. The van der Waals surface area contributed by atoms with E-state index in [0.29, 0.717) is 0 Å². The first-order valence-electron chi connectivity index (χ1n) is 5.77. The maximum atomic E-state index is 13.1. The Kier molecular flexibility index (Phi) is 3.97. The van der Waals surface area contributed by atoms with E-state index in [2.05, 4.69) is 10.7 Å². The Balaban J connectivity index is 2.50. The number of para-hydroxylation sites is 1. The molecule has 0 radical (unpaired) electrons. The molecule has 0 spiro atoms. The molecule has 0 amide bonds. The van der Waals surface area contributed by atoms with E-state index < -0.39 is 10.7 Å². The summed E-state index contributed by atoms with van der Waals surface area (Å²) < 4.78 is 13.1. The number of nitro benzene ring substituents is 1. The van der Waals surface area contributed by atoms with Gasteiger partial charge in [-0.3, -0.25) is 16.0 Å². The molecular weight excluding hydrogens is 277 g/mol. The van der Waals surface area contributed by atoms with Crippen molar-refractivity contribution in [2.24, 2.45) is 5.84 Å². The fourth-order valence-electron chi connectivity index (χ4n) is 1.82. The summed E-state index contributed by atoms with van der Waals surface area (Å²) in [4.78, 5) is 10.5. The van der Waals surface area contributed by atoms with Crippen LogP contribution in [0.3, 0.4) is 0 Å². The minimum absolute atomic E-state index is 0.0374. The summed E-state index contributed by atoms with van der Waals surface area (Å²) in [7, 11) is 0. The first-order valence-corrected chi connectivity index (χ1v) is 5.77. The van der Waals surface area contributed by atoms with Gasteiger partial charge in [-0.2, -0.15) is 5.26 Å². The highest BCUT2D eigenvalue weighted by atomic mass is 19.1. The molecule has 0 atom stereocenters. The second kappa shape index (κ2) is 5.85. The molecule has 0 bridgehead atoms. The van der Waals surface area contributed by atoms with E-state index in [-0.39, 0.29) is 28.3 Å². The monoisotopic (exact) mass is 287 g/mol. The number of nitro groups is 1. The van der Waals surface area contributed by atoms with Crippen LogP contribution < -0.4 is 16.6 Å². The maximum absolute atomic E-state index is 13.1. The summed E-state index contributed by atoms with van der Waals surface area (Å²) in [6.45, 7) is 0. The van der Waals surface area contributed by atoms with Crippen molar-refractivity contribution >= 4 is 22.7 Å². The summed E-state index contributed by atoms with van der Waals surface area (Å²) in [5.74, 6) is 4.68. The first-order chi connectivity index (χ1) is 10.1. The minimum Gasteiger partial charge on any atom is -0.349 e. The predicted octanol–water partition coefficient (Wildman–Crippen LogP) is 2.63. The van der Waals surface area contributed by atoms with Crippen LogP contribution in [0.2, 0.25) is 0 Å². The second-order valence-corrected chi connectivity index (χ2v) is 4.03. The van der Waals surface area contributed by atoms with Gasteiger partial charge < -0.3 is 10.7 Å². The Labute approximate surface area is 118 Å². The van der Waals surface area contributed by atoms with Gasteiger partial charge in [-0.15, -0.1) is 0 Å². The standard InChI is InChI=1S/C13H10FN5O2/c14-9-4-5-10(8(6-9)7-15)17-11-2-1-3-12(18-16)13(11)19(20)21/h1-6,17-18H,16H2. The van der Waals surface area contributed by atoms with Gasteiger partial charge in [0.15, 0.2) is 0 Å². The lowest BCUT2D eigenvalue weighted by molar-refractivity contribution is -0.383. The number of nitrogens with zero attached hydrogens (tertiary/aromatic N) is 2. The summed E-state index contributed by atoms with van der Waals surface area (Å²) in [6, 6.07) is 9.81. The normalized spacial score (nSPS) is 9.76. The quantitative estimate of drug-likeness (QED) is 0.452. The van der Waals surface area contributed by atoms with Crippen LogP contribution >= 0.6 is 0 Å². The summed E-state index contributed by atoms with van der Waals surface area (Å²) in [6.07, 6.45) is 0. The summed E-state index contributed by atoms with van der Waals surface area (Å²) in [5, 5.41) is 22.9. The van der Waals surface area contributed by atoms with Crippen LogP contribution in [-0.2, 0) is 0 Å². The average Bonchev–Trinajstić information content (AvgIpc) is 2.48. The number of rotatable bonds is 4. The third-order valence-electron chi connectivity index (χ3n) is 2.75. The lowest BCUT2D eigenvalue weighted by atomic mass is 10.1. The van der Waals surface area contributed by atoms with Crippen molar-refractivity contribution in [1.29, 1.82) is 5.26 Å². The minimum atomic E-state index is -0.604. The maximum Gasteiger partial charge on any atom is 0.316 e. The molecule has 0 unspecified atom stereocenters. The van der Waals surface area contributed by atoms with Crippen LogP contribution in [0.5, 0.6) is 0 Å². The number of nitrogens with two attached hydrogens (primary N) is 1. The number of nitrogens with one attached hydrogen (secondary N) is 2. The van der Waals surface area contributed by atoms with E-state index in [1.165, 1.54) is 18.2 Å². The molecule has 4 N–H and O–H groups in total. The van der Waals surface area contributed by atoms with E-state index in [1.54, 1.807) is 6.07 Å². The van der Waals surface area contributed by atoms with Crippen molar-refractivity contribution in [3.63, 3.8) is 0 Å². The molecule has 8 heteroatoms. The van der Waals surface area contributed by atoms with E-state index in [0.717, 1.165) is 12.1 Å². The van der Waals surface area contributed by atoms with E-state index >= 15 is 0 Å². The van der Waals surface area contributed by atoms with Gasteiger partial charge in [-0.1, -0.05) is 6.07 Å². The molecule has 0 saturated heterocycles. The van der Waals surface area contributed by atoms with Crippen molar-refractivity contribution in [1.82, 2.24) is 0 Å². The molecule has 2 aromatic rings. The van der Waals surface area contributed by atoms with E-state index in [4.69, 9.17) is 11.1 Å². The Hall–Kier alpha value is -3.18. The highest BCUT2D eigenvalue weighted by Gasteiger charge is 2.20. The topological polar surface area (TPSA) is 117 Å². The summed E-state index contributed by atoms with van der Waals surface area (Å²) in [5.41, 5.74) is 2.52. The van der Waals surface area contributed by atoms with Crippen LogP contribution in [-0.4, -0.2) is 4.92 Å². The zero-order valence-corrected chi connectivity index (χ0v) is 10.6. The third kappa shape index (κ3) is 2.88. The summed E-state index contributed by atoms with van der Waals surface area (Å²) >= 11 is 0. The number of hydrogen-bond donors (Lipinski definition) is 3. The Bertz CT molecular complexity index is 742. The number of hydrogen-bond acceptors (Lipinski definition) is 6. The van der Waals surface area contributed by atoms with Gasteiger partial charge in [-0.25, -0.2) is 4.39 Å². The molecule has 0 saturated carbocycles. The predicted molar refractivity (Wildman–Crippen MR) is 75.3 cm³/mol. The molecule has 0 heterocycles. The van der Waals surface area contributed by atoms with Gasteiger partial charge in [0.1, 0.15) is 23.3 Å². The number of hydrazine groups is 1. The van der Waals surface area contributed by atoms with Gasteiger partial charge in [-0.05, 0) is 30.3 Å². The lowest BCUT2D eigenvalue weighted by Gasteiger charge is -2.11. The Morgan fingerprint density at radius 2 is 1.95 bits per heavy atom. The molecule has 2 rings (SSSR count). The average molecular weight is 287 g/mol. The van der Waals surface area contributed by atoms with Crippen LogP contribution in [0.4, 0.5) is 27.1 Å². The zero-order valence-electron chi connectivity index (χ0n) is 10.6. The smallest absolute Gasteiger partial charge is 0.316 e. The fourth-order valence-corrected chi connectivity index (χ4v) is 1.82. The largest absolute Gasteiger partial charge is 0.349 e. The number of halogens is 1. The molecule has 2 aromatic carbocycles. The highest BCUT2D eigenvalue weighted by molar-refractivity contribution is 5.80. The van der Waals surface area contributed by atoms with Crippen molar-refractivity contribution in [2.75, 3.05) is 10.7 Å². The number of anilines is 3. The van der Waals surface area contributed by atoms with Crippen molar-refractivity contribution < 1.29 is 9.31 Å². The number of nitrogen functional groups attached to an aromatic ring is 1. The Morgan fingerprint density at radius 3 is 2.57 bits per heavy atom. The van der Waals surface area contributed by atoms with Crippen molar-refractivity contribution in [2.45, 2.75) is 0 Å². The third-order valence-corrected chi connectivity index (χ3v) is 2.75. The fraction of sp³-hybridized carbons (Fsp3) is 0. The van der Waals surface area contributed by atoms with E-state index in [1.807, 2.05) is 6.07 Å². The molecule has 0 aliphatic heterocycles.